The molecule has 1 heterocycles. The Hall–Kier alpha value is -2.12. The van der Waals surface area contributed by atoms with Crippen molar-refractivity contribution >= 4 is 21.4 Å². The Kier molecular flexibility index (Phi) is 4.21. The van der Waals surface area contributed by atoms with Gasteiger partial charge in [-0.2, -0.15) is 0 Å². The molecule has 2 rings (SSSR count). The van der Waals surface area contributed by atoms with E-state index in [2.05, 4.69) is 15.1 Å². The van der Waals surface area contributed by atoms with Crippen molar-refractivity contribution in [1.82, 2.24) is 4.98 Å². The molecule has 0 saturated heterocycles. The van der Waals surface area contributed by atoms with Gasteiger partial charge in [0.05, 0.1) is 5.69 Å². The predicted molar refractivity (Wildman–Crippen MR) is 78.7 cm³/mol. The molecule has 0 radical (unpaired) electrons. The minimum atomic E-state index is -3.74. The molecule has 0 bridgehead atoms. The first-order chi connectivity index (χ1) is 9.56. The van der Waals surface area contributed by atoms with E-state index in [9.17, 15) is 8.42 Å². The van der Waals surface area contributed by atoms with Gasteiger partial charge in [0.2, 0.25) is 0 Å². The van der Waals surface area contributed by atoms with Crippen LogP contribution in [-0.4, -0.2) is 13.4 Å². The number of aryl methyl sites for hydroxylation is 1. The molecule has 0 aliphatic rings. The molecule has 0 saturated carbocycles. The fourth-order valence-corrected chi connectivity index (χ4v) is 2.94. The molecule has 6 nitrogen and oxygen atoms in total. The molecule has 20 heavy (non-hydrogen) atoms. The number of hydrazine groups is 1. The summed E-state index contributed by atoms with van der Waals surface area (Å²) < 4.78 is 27.2. The van der Waals surface area contributed by atoms with E-state index < -0.39 is 10.0 Å². The van der Waals surface area contributed by atoms with Gasteiger partial charge in [0.25, 0.3) is 10.0 Å². The molecule has 0 spiro atoms. The first-order valence-corrected chi connectivity index (χ1v) is 7.57. The number of anilines is 2. The number of nitrogens with zero attached hydrogens (tertiary/aromatic N) is 1. The minimum Gasteiger partial charge on any atom is -0.323 e. The lowest BCUT2D eigenvalue weighted by molar-refractivity contribution is 0.601. The Balaban J connectivity index is 2.35. The van der Waals surface area contributed by atoms with Crippen molar-refractivity contribution in [3.05, 3.63) is 48.3 Å². The van der Waals surface area contributed by atoms with E-state index >= 15 is 0 Å². The summed E-state index contributed by atoms with van der Waals surface area (Å²) >= 11 is 0. The van der Waals surface area contributed by atoms with E-state index in [-0.39, 0.29) is 4.90 Å². The van der Waals surface area contributed by atoms with Crippen LogP contribution in [0.4, 0.5) is 11.4 Å². The van der Waals surface area contributed by atoms with Crippen molar-refractivity contribution in [3.8, 4) is 0 Å². The topological polar surface area (TPSA) is 97.1 Å². The van der Waals surface area contributed by atoms with Gasteiger partial charge < -0.3 is 5.43 Å². The normalized spacial score (nSPS) is 11.1. The lowest BCUT2D eigenvalue weighted by atomic mass is 10.1. The Bertz CT molecular complexity index is 701. The van der Waals surface area contributed by atoms with Gasteiger partial charge in [-0.1, -0.05) is 19.1 Å². The van der Waals surface area contributed by atoms with Crippen LogP contribution in [0.5, 0.6) is 0 Å². The number of nitrogens with one attached hydrogen (secondary N) is 2. The average molecular weight is 292 g/mol. The van der Waals surface area contributed by atoms with Gasteiger partial charge in [-0.05, 0) is 30.2 Å². The van der Waals surface area contributed by atoms with Gasteiger partial charge >= 0.3 is 0 Å². The zero-order chi connectivity index (χ0) is 14.6. The maximum atomic E-state index is 12.3. The molecule has 7 heteroatoms. The van der Waals surface area contributed by atoms with E-state index in [0.29, 0.717) is 11.4 Å². The second-order valence-corrected chi connectivity index (χ2v) is 5.83. The van der Waals surface area contributed by atoms with Gasteiger partial charge in [-0.25, -0.2) is 8.42 Å². The highest BCUT2D eigenvalue weighted by atomic mass is 32.2. The van der Waals surface area contributed by atoms with Gasteiger partial charge in [-0.15, -0.1) is 0 Å². The number of sulfonamides is 1. The van der Waals surface area contributed by atoms with Crippen LogP contribution in [0, 0.1) is 0 Å². The first-order valence-electron chi connectivity index (χ1n) is 6.09. The number of pyridine rings is 1. The lowest BCUT2D eigenvalue weighted by Gasteiger charge is -2.11. The zero-order valence-corrected chi connectivity index (χ0v) is 11.8. The van der Waals surface area contributed by atoms with E-state index in [0.717, 1.165) is 12.0 Å². The number of rotatable bonds is 5. The summed E-state index contributed by atoms with van der Waals surface area (Å²) in [6.07, 6.45) is 3.55. The third-order valence-electron chi connectivity index (χ3n) is 2.82. The monoisotopic (exact) mass is 292 g/mol. The second-order valence-electron chi connectivity index (χ2n) is 4.18. The average Bonchev–Trinajstić information content (AvgIpc) is 2.47. The van der Waals surface area contributed by atoms with Crippen LogP contribution in [-0.2, 0) is 16.4 Å². The smallest absolute Gasteiger partial charge is 0.265 e. The Morgan fingerprint density at radius 3 is 2.80 bits per heavy atom. The number of benzene rings is 1. The fourth-order valence-electron chi connectivity index (χ4n) is 1.78. The molecule has 0 aliphatic heterocycles. The number of hydrogen-bond donors (Lipinski definition) is 3. The molecular formula is C13H16N4O2S. The molecule has 0 aliphatic carbocycles. The van der Waals surface area contributed by atoms with Gasteiger partial charge in [0, 0.05) is 18.1 Å². The highest BCUT2D eigenvalue weighted by Crippen LogP contribution is 2.22. The largest absolute Gasteiger partial charge is 0.323 e. The van der Waals surface area contributed by atoms with E-state index in [1.54, 1.807) is 12.1 Å². The summed E-state index contributed by atoms with van der Waals surface area (Å²) in [7, 11) is -3.74. The lowest BCUT2D eigenvalue weighted by Crippen LogP contribution is -2.17. The molecule has 0 atom stereocenters. The van der Waals surface area contributed by atoms with Gasteiger partial charge in [0.1, 0.15) is 4.90 Å². The standard InChI is InChI=1S/C13H16N4O2S/c1-2-10-4-3-5-11(8-10)17-20(18,19)13-9-15-7-6-12(13)16-14/h3-9,17H,2,14H2,1H3,(H,15,16). The maximum absolute atomic E-state index is 12.3. The van der Waals surface area contributed by atoms with E-state index in [1.165, 1.54) is 18.5 Å². The number of nitrogen functional groups attached to an aromatic ring is 1. The summed E-state index contributed by atoms with van der Waals surface area (Å²) in [6, 6.07) is 8.74. The Morgan fingerprint density at radius 2 is 2.10 bits per heavy atom. The van der Waals surface area contributed by atoms with Crippen LogP contribution in [0.1, 0.15) is 12.5 Å². The summed E-state index contributed by atoms with van der Waals surface area (Å²) in [4.78, 5) is 3.82. The van der Waals surface area contributed by atoms with Crippen LogP contribution in [0.3, 0.4) is 0 Å². The SMILES string of the molecule is CCc1cccc(NS(=O)(=O)c2cnccc2NN)c1. The highest BCUT2D eigenvalue weighted by molar-refractivity contribution is 7.92. The summed E-state index contributed by atoms with van der Waals surface area (Å²) in [5.41, 5.74) is 4.20. The molecule has 0 unspecified atom stereocenters. The van der Waals surface area contributed by atoms with Crippen molar-refractivity contribution in [2.75, 3.05) is 10.1 Å². The Labute approximate surface area is 118 Å². The van der Waals surface area contributed by atoms with Crippen molar-refractivity contribution < 1.29 is 8.42 Å². The van der Waals surface area contributed by atoms with Crippen molar-refractivity contribution in [3.63, 3.8) is 0 Å². The van der Waals surface area contributed by atoms with Crippen LogP contribution in [0.25, 0.3) is 0 Å². The quantitative estimate of drug-likeness (QED) is 0.576. The molecule has 2 aromatic rings. The summed E-state index contributed by atoms with van der Waals surface area (Å²) in [5.74, 6) is 5.32. The third-order valence-corrected chi connectivity index (χ3v) is 4.23. The number of nitrogens with two attached hydrogens (primary N) is 1. The second kappa shape index (κ2) is 5.89. The van der Waals surface area contributed by atoms with Gasteiger partial charge in [-0.3, -0.25) is 15.5 Å². The maximum Gasteiger partial charge on any atom is 0.265 e. The predicted octanol–water partition coefficient (Wildman–Crippen LogP) is 1.73. The van der Waals surface area contributed by atoms with Crippen molar-refractivity contribution in [2.45, 2.75) is 18.2 Å². The molecule has 0 amide bonds. The third kappa shape index (κ3) is 3.06. The van der Waals surface area contributed by atoms with Crippen LogP contribution in [0.2, 0.25) is 0 Å². The van der Waals surface area contributed by atoms with Gasteiger partial charge in [0.15, 0.2) is 0 Å². The summed E-state index contributed by atoms with van der Waals surface area (Å²) in [5, 5.41) is 0. The number of aromatic nitrogens is 1. The minimum absolute atomic E-state index is 0.00408. The molecule has 106 valence electrons. The van der Waals surface area contributed by atoms with Crippen molar-refractivity contribution in [2.24, 2.45) is 5.84 Å². The van der Waals surface area contributed by atoms with Crippen LogP contribution >= 0.6 is 0 Å². The zero-order valence-electron chi connectivity index (χ0n) is 11.0. The fraction of sp³-hybridized carbons (Fsp3) is 0.154. The highest BCUT2D eigenvalue weighted by Gasteiger charge is 2.18. The molecule has 1 aromatic heterocycles. The summed E-state index contributed by atoms with van der Waals surface area (Å²) in [6.45, 7) is 2.01. The van der Waals surface area contributed by atoms with Crippen molar-refractivity contribution in [1.29, 1.82) is 0 Å². The molecule has 0 fully saturated rings. The number of hydrogen-bond acceptors (Lipinski definition) is 5. The Morgan fingerprint density at radius 1 is 1.30 bits per heavy atom. The van der Waals surface area contributed by atoms with E-state index in [1.807, 2.05) is 19.1 Å². The molecule has 1 aromatic carbocycles. The first kappa shape index (κ1) is 14.3. The van der Waals surface area contributed by atoms with Crippen LogP contribution < -0.4 is 16.0 Å². The molecular weight excluding hydrogens is 276 g/mol. The molecule has 4 N–H and O–H groups in total. The van der Waals surface area contributed by atoms with Crippen LogP contribution in [0.15, 0.2) is 47.6 Å². The van der Waals surface area contributed by atoms with E-state index in [4.69, 9.17) is 5.84 Å².